The van der Waals surface area contributed by atoms with E-state index in [1.807, 2.05) is 6.07 Å². The Hall–Kier alpha value is -3.22. The first kappa shape index (κ1) is 15.7. The second kappa shape index (κ2) is 6.91. The topological polar surface area (TPSA) is 85.9 Å². The highest BCUT2D eigenvalue weighted by molar-refractivity contribution is 5.96. The fraction of sp³-hybridized carbons (Fsp3) is 0.176. The summed E-state index contributed by atoms with van der Waals surface area (Å²) in [6.07, 6.45) is -0.842. The third-order valence-corrected chi connectivity index (χ3v) is 3.43. The van der Waals surface area contributed by atoms with Crippen LogP contribution in [0.4, 0.5) is 0 Å². The van der Waals surface area contributed by atoms with Crippen LogP contribution in [-0.2, 0) is 4.79 Å². The number of rotatable bonds is 3. The Labute approximate surface area is 138 Å². The molecular weight excluding hydrogens is 312 g/mol. The van der Waals surface area contributed by atoms with Crippen molar-refractivity contribution in [1.82, 2.24) is 10.9 Å². The molecule has 1 heterocycles. The molecule has 2 amide bonds. The first-order valence-corrected chi connectivity index (χ1v) is 7.30. The number of ether oxygens (including phenoxy) is 3. The van der Waals surface area contributed by atoms with E-state index in [0.29, 0.717) is 22.8 Å². The van der Waals surface area contributed by atoms with Gasteiger partial charge in [0.2, 0.25) is 6.10 Å². The number of carbonyl (C=O) groups excluding carboxylic acids is 2. The number of methoxy groups -OCH3 is 1. The molecule has 2 aromatic carbocycles. The monoisotopic (exact) mass is 328 g/mol. The number of carbonyl (C=O) groups is 2. The molecule has 1 atom stereocenters. The van der Waals surface area contributed by atoms with Crippen molar-refractivity contribution in [2.24, 2.45) is 0 Å². The molecule has 124 valence electrons. The van der Waals surface area contributed by atoms with Crippen LogP contribution in [0.3, 0.4) is 0 Å². The van der Waals surface area contributed by atoms with Crippen LogP contribution in [-0.4, -0.2) is 31.6 Å². The van der Waals surface area contributed by atoms with Crippen molar-refractivity contribution in [3.05, 3.63) is 54.1 Å². The maximum absolute atomic E-state index is 12.1. The maximum atomic E-state index is 12.1. The molecule has 0 radical (unpaired) electrons. The van der Waals surface area contributed by atoms with Crippen molar-refractivity contribution < 1.29 is 23.8 Å². The van der Waals surface area contributed by atoms with E-state index in [2.05, 4.69) is 10.9 Å². The summed E-state index contributed by atoms with van der Waals surface area (Å²) in [7, 11) is 1.51. The summed E-state index contributed by atoms with van der Waals surface area (Å²) in [5.74, 6) is 0.666. The van der Waals surface area contributed by atoms with Gasteiger partial charge < -0.3 is 14.2 Å². The second-order valence-electron chi connectivity index (χ2n) is 5.04. The molecule has 0 fully saturated rings. The van der Waals surface area contributed by atoms with E-state index < -0.39 is 17.9 Å². The second-order valence-corrected chi connectivity index (χ2v) is 5.04. The quantitative estimate of drug-likeness (QED) is 0.830. The van der Waals surface area contributed by atoms with Crippen LogP contribution in [0.5, 0.6) is 17.2 Å². The van der Waals surface area contributed by atoms with Crippen LogP contribution in [0.2, 0.25) is 0 Å². The van der Waals surface area contributed by atoms with Crippen molar-refractivity contribution in [3.63, 3.8) is 0 Å². The van der Waals surface area contributed by atoms with Crippen molar-refractivity contribution in [2.45, 2.75) is 6.10 Å². The van der Waals surface area contributed by atoms with Gasteiger partial charge in [-0.1, -0.05) is 18.2 Å². The molecule has 2 N–H and O–H groups in total. The smallest absolute Gasteiger partial charge is 0.283 e. The van der Waals surface area contributed by atoms with Crippen LogP contribution < -0.4 is 25.1 Å². The molecule has 7 heteroatoms. The van der Waals surface area contributed by atoms with Gasteiger partial charge in [0, 0.05) is 5.56 Å². The molecule has 0 saturated carbocycles. The predicted octanol–water partition coefficient (Wildman–Crippen LogP) is 1.30. The van der Waals surface area contributed by atoms with Crippen LogP contribution in [0.1, 0.15) is 10.4 Å². The van der Waals surface area contributed by atoms with Gasteiger partial charge in [-0.2, -0.15) is 0 Å². The number of benzene rings is 2. The SMILES string of the molecule is COc1cccc(C(=O)NNC(=O)[C@@H]2COc3ccccc3O2)c1. The molecule has 0 aliphatic carbocycles. The standard InChI is InChI=1S/C17H16N2O5/c1-22-12-6-4-5-11(9-12)16(20)18-19-17(21)15-10-23-13-7-2-3-8-14(13)24-15/h2-9,15H,10H2,1H3,(H,18,20)(H,19,21)/t15-/m0/s1. The lowest BCUT2D eigenvalue weighted by Crippen LogP contribution is -2.50. The lowest BCUT2D eigenvalue weighted by molar-refractivity contribution is -0.131. The molecule has 0 aromatic heterocycles. The highest BCUT2D eigenvalue weighted by Crippen LogP contribution is 2.30. The zero-order valence-electron chi connectivity index (χ0n) is 12.9. The average molecular weight is 328 g/mol. The largest absolute Gasteiger partial charge is 0.497 e. The third kappa shape index (κ3) is 3.40. The number of fused-ring (bicyclic) bond motifs is 1. The molecular formula is C17H16N2O5. The van der Waals surface area contributed by atoms with E-state index in [-0.39, 0.29) is 6.61 Å². The molecule has 24 heavy (non-hydrogen) atoms. The number of nitrogens with one attached hydrogen (secondary N) is 2. The lowest BCUT2D eigenvalue weighted by atomic mass is 10.2. The molecule has 0 spiro atoms. The average Bonchev–Trinajstić information content (AvgIpc) is 2.65. The molecule has 3 rings (SSSR count). The summed E-state index contributed by atoms with van der Waals surface area (Å²) in [6.45, 7) is 0.0673. The lowest BCUT2D eigenvalue weighted by Gasteiger charge is -2.25. The van der Waals surface area contributed by atoms with Crippen molar-refractivity contribution in [2.75, 3.05) is 13.7 Å². The van der Waals surface area contributed by atoms with Crippen LogP contribution in [0.15, 0.2) is 48.5 Å². The van der Waals surface area contributed by atoms with Crippen LogP contribution in [0, 0.1) is 0 Å². The van der Waals surface area contributed by atoms with Crippen molar-refractivity contribution >= 4 is 11.8 Å². The molecule has 2 aromatic rings. The normalized spacial score (nSPS) is 15.3. The van der Waals surface area contributed by atoms with Crippen molar-refractivity contribution in [3.8, 4) is 17.2 Å². The summed E-state index contributed by atoms with van der Waals surface area (Å²) < 4.78 is 16.1. The van der Waals surface area contributed by atoms with E-state index in [1.54, 1.807) is 42.5 Å². The Kier molecular flexibility index (Phi) is 4.51. The number of hydrogen-bond donors (Lipinski definition) is 2. The van der Waals surface area contributed by atoms with Gasteiger partial charge in [-0.3, -0.25) is 20.4 Å². The summed E-state index contributed by atoms with van der Waals surface area (Å²) in [5, 5.41) is 0. The van der Waals surface area contributed by atoms with E-state index in [4.69, 9.17) is 14.2 Å². The minimum Gasteiger partial charge on any atom is -0.497 e. The molecule has 1 aliphatic heterocycles. The van der Waals surface area contributed by atoms with Crippen molar-refractivity contribution in [1.29, 1.82) is 0 Å². The third-order valence-electron chi connectivity index (χ3n) is 3.43. The van der Waals surface area contributed by atoms with E-state index >= 15 is 0 Å². The van der Waals surface area contributed by atoms with Gasteiger partial charge in [0.15, 0.2) is 11.5 Å². The Balaban J connectivity index is 1.57. The molecule has 7 nitrogen and oxygen atoms in total. The Bertz CT molecular complexity index is 762. The first-order chi connectivity index (χ1) is 11.7. The Morgan fingerprint density at radius 3 is 2.67 bits per heavy atom. The Morgan fingerprint density at radius 2 is 1.88 bits per heavy atom. The minimum absolute atomic E-state index is 0.0673. The van der Waals surface area contributed by atoms with Crippen LogP contribution >= 0.6 is 0 Å². The van der Waals surface area contributed by atoms with Gasteiger partial charge in [-0.25, -0.2) is 0 Å². The zero-order chi connectivity index (χ0) is 16.9. The van der Waals surface area contributed by atoms with E-state index in [0.717, 1.165) is 0 Å². The van der Waals surface area contributed by atoms with Crippen LogP contribution in [0.25, 0.3) is 0 Å². The van der Waals surface area contributed by atoms with Gasteiger partial charge in [-0.15, -0.1) is 0 Å². The number of para-hydroxylation sites is 2. The summed E-state index contributed by atoms with van der Waals surface area (Å²) in [5.41, 5.74) is 5.04. The molecule has 0 bridgehead atoms. The number of amides is 2. The molecule has 0 unspecified atom stereocenters. The fourth-order valence-corrected chi connectivity index (χ4v) is 2.18. The Morgan fingerprint density at radius 1 is 1.08 bits per heavy atom. The summed E-state index contributed by atoms with van der Waals surface area (Å²) >= 11 is 0. The van der Waals surface area contributed by atoms with Gasteiger partial charge in [-0.05, 0) is 30.3 Å². The van der Waals surface area contributed by atoms with Gasteiger partial charge in [0.25, 0.3) is 11.8 Å². The first-order valence-electron chi connectivity index (χ1n) is 7.30. The fourth-order valence-electron chi connectivity index (χ4n) is 2.18. The highest BCUT2D eigenvalue weighted by Gasteiger charge is 2.27. The highest BCUT2D eigenvalue weighted by atomic mass is 16.6. The van der Waals surface area contributed by atoms with Gasteiger partial charge in [0.1, 0.15) is 12.4 Å². The minimum atomic E-state index is -0.842. The molecule has 1 aliphatic rings. The summed E-state index contributed by atoms with van der Waals surface area (Å²) in [4.78, 5) is 24.2. The maximum Gasteiger partial charge on any atom is 0.283 e. The number of hydrogen-bond acceptors (Lipinski definition) is 5. The van der Waals surface area contributed by atoms with E-state index in [9.17, 15) is 9.59 Å². The molecule has 0 saturated heterocycles. The number of hydrazine groups is 1. The predicted molar refractivity (Wildman–Crippen MR) is 85.0 cm³/mol. The zero-order valence-corrected chi connectivity index (χ0v) is 12.9. The summed E-state index contributed by atoms with van der Waals surface area (Å²) in [6, 6.07) is 13.7. The van der Waals surface area contributed by atoms with Gasteiger partial charge >= 0.3 is 0 Å². The van der Waals surface area contributed by atoms with Gasteiger partial charge in [0.05, 0.1) is 7.11 Å². The van der Waals surface area contributed by atoms with E-state index in [1.165, 1.54) is 7.11 Å².